The molecule has 0 aromatic heterocycles. The molecule has 0 spiro atoms. The lowest BCUT2D eigenvalue weighted by Crippen LogP contribution is -2.26. The van der Waals surface area contributed by atoms with Crippen LogP contribution in [0.15, 0.2) is 24.3 Å². The molecule has 88 valence electrons. The summed E-state index contributed by atoms with van der Waals surface area (Å²) >= 11 is 0. The minimum atomic E-state index is -0.291. The van der Waals surface area contributed by atoms with Crippen molar-refractivity contribution < 1.29 is 9.18 Å². The van der Waals surface area contributed by atoms with Gasteiger partial charge in [-0.05, 0) is 37.6 Å². The third-order valence-corrected chi connectivity index (χ3v) is 2.33. The summed E-state index contributed by atoms with van der Waals surface area (Å²) in [6.45, 7) is 2.33. The van der Waals surface area contributed by atoms with Crippen molar-refractivity contribution in [2.24, 2.45) is 5.73 Å². The molecule has 0 aliphatic heterocycles. The van der Waals surface area contributed by atoms with Gasteiger partial charge in [-0.15, -0.1) is 0 Å². The van der Waals surface area contributed by atoms with Crippen molar-refractivity contribution in [2.75, 3.05) is 6.54 Å². The Kier molecular flexibility index (Phi) is 4.92. The average Bonchev–Trinajstić information content (AvgIpc) is 2.26. The SMILES string of the molecule is C[C@H](NC(=O)CCCN)c1cccc(F)c1. The maximum absolute atomic E-state index is 12.9. The largest absolute Gasteiger partial charge is 0.350 e. The monoisotopic (exact) mass is 224 g/mol. The number of benzene rings is 1. The number of nitrogens with one attached hydrogen (secondary N) is 1. The number of hydrogen-bond donors (Lipinski definition) is 2. The molecule has 0 unspecified atom stereocenters. The van der Waals surface area contributed by atoms with Crippen molar-refractivity contribution in [3.8, 4) is 0 Å². The topological polar surface area (TPSA) is 55.1 Å². The lowest BCUT2D eigenvalue weighted by Gasteiger charge is -2.14. The van der Waals surface area contributed by atoms with E-state index < -0.39 is 0 Å². The normalized spacial score (nSPS) is 12.2. The molecule has 0 saturated heterocycles. The summed E-state index contributed by atoms with van der Waals surface area (Å²) in [7, 11) is 0. The van der Waals surface area contributed by atoms with Crippen molar-refractivity contribution >= 4 is 5.91 Å². The van der Waals surface area contributed by atoms with Gasteiger partial charge in [-0.25, -0.2) is 4.39 Å². The molecule has 3 N–H and O–H groups in total. The van der Waals surface area contributed by atoms with E-state index in [-0.39, 0.29) is 17.8 Å². The maximum atomic E-state index is 12.9. The maximum Gasteiger partial charge on any atom is 0.220 e. The molecule has 0 heterocycles. The summed E-state index contributed by atoms with van der Waals surface area (Å²) in [6, 6.07) is 6.05. The van der Waals surface area contributed by atoms with E-state index in [1.807, 2.05) is 6.92 Å². The van der Waals surface area contributed by atoms with Crippen molar-refractivity contribution in [3.63, 3.8) is 0 Å². The third kappa shape index (κ3) is 3.98. The van der Waals surface area contributed by atoms with E-state index in [0.717, 1.165) is 5.56 Å². The summed E-state index contributed by atoms with van der Waals surface area (Å²) in [6.07, 6.45) is 1.08. The number of hydrogen-bond acceptors (Lipinski definition) is 2. The molecule has 1 aromatic carbocycles. The summed E-state index contributed by atoms with van der Waals surface area (Å²) in [5.74, 6) is -0.345. The first-order valence-electron chi connectivity index (χ1n) is 5.38. The van der Waals surface area contributed by atoms with Gasteiger partial charge in [0.1, 0.15) is 5.82 Å². The molecule has 1 aromatic rings. The van der Waals surface area contributed by atoms with Crippen LogP contribution in [-0.2, 0) is 4.79 Å². The first-order chi connectivity index (χ1) is 7.63. The molecule has 3 nitrogen and oxygen atoms in total. The van der Waals surface area contributed by atoms with Crippen molar-refractivity contribution in [3.05, 3.63) is 35.6 Å². The second-order valence-corrected chi connectivity index (χ2v) is 3.74. The van der Waals surface area contributed by atoms with Crippen LogP contribution in [-0.4, -0.2) is 12.5 Å². The molecule has 0 aliphatic carbocycles. The van der Waals surface area contributed by atoms with Gasteiger partial charge in [0.2, 0.25) is 5.91 Å². The number of carbonyl (C=O) groups excluding carboxylic acids is 1. The second-order valence-electron chi connectivity index (χ2n) is 3.74. The molecule has 16 heavy (non-hydrogen) atoms. The molecule has 0 radical (unpaired) electrons. The highest BCUT2D eigenvalue weighted by atomic mass is 19.1. The van der Waals surface area contributed by atoms with Gasteiger partial charge in [0, 0.05) is 6.42 Å². The quantitative estimate of drug-likeness (QED) is 0.800. The highest BCUT2D eigenvalue weighted by molar-refractivity contribution is 5.76. The Morgan fingerprint density at radius 1 is 1.56 bits per heavy atom. The zero-order valence-corrected chi connectivity index (χ0v) is 9.37. The summed E-state index contributed by atoms with van der Waals surface area (Å²) in [4.78, 5) is 11.4. The molecule has 1 amide bonds. The zero-order chi connectivity index (χ0) is 12.0. The van der Waals surface area contributed by atoms with Crippen molar-refractivity contribution in [2.45, 2.75) is 25.8 Å². The zero-order valence-electron chi connectivity index (χ0n) is 9.37. The molecular formula is C12H17FN2O. The fourth-order valence-electron chi connectivity index (χ4n) is 1.44. The number of halogens is 1. The Bertz CT molecular complexity index is 355. The van der Waals surface area contributed by atoms with E-state index in [1.165, 1.54) is 12.1 Å². The minimum Gasteiger partial charge on any atom is -0.350 e. The van der Waals surface area contributed by atoms with E-state index in [4.69, 9.17) is 5.73 Å². The van der Waals surface area contributed by atoms with Crippen molar-refractivity contribution in [1.82, 2.24) is 5.32 Å². The standard InChI is InChI=1S/C12H17FN2O/c1-9(15-12(16)6-3-7-14)10-4-2-5-11(13)8-10/h2,4-5,8-9H,3,6-7,14H2,1H3,(H,15,16)/t9-/m0/s1. The Balaban J connectivity index is 2.52. The van der Waals surface area contributed by atoms with Crippen LogP contribution in [0.1, 0.15) is 31.4 Å². The highest BCUT2D eigenvalue weighted by Crippen LogP contribution is 2.13. The fraction of sp³-hybridized carbons (Fsp3) is 0.417. The van der Waals surface area contributed by atoms with E-state index in [0.29, 0.717) is 19.4 Å². The van der Waals surface area contributed by atoms with Gasteiger partial charge >= 0.3 is 0 Å². The predicted molar refractivity (Wildman–Crippen MR) is 61.2 cm³/mol. The van der Waals surface area contributed by atoms with E-state index in [2.05, 4.69) is 5.32 Å². The number of carbonyl (C=O) groups is 1. The number of nitrogens with two attached hydrogens (primary N) is 1. The Labute approximate surface area is 94.8 Å². The second kappa shape index (κ2) is 6.23. The third-order valence-electron chi connectivity index (χ3n) is 2.33. The van der Waals surface area contributed by atoms with Crippen LogP contribution in [0.3, 0.4) is 0 Å². The summed E-state index contributed by atoms with van der Waals surface area (Å²) < 4.78 is 12.9. The van der Waals surface area contributed by atoms with Gasteiger partial charge in [0.15, 0.2) is 0 Å². The van der Waals surface area contributed by atoms with Gasteiger partial charge in [-0.3, -0.25) is 4.79 Å². The van der Waals surface area contributed by atoms with Gasteiger partial charge in [-0.2, -0.15) is 0 Å². The van der Waals surface area contributed by atoms with Crippen LogP contribution < -0.4 is 11.1 Å². The van der Waals surface area contributed by atoms with Crippen LogP contribution >= 0.6 is 0 Å². The first kappa shape index (κ1) is 12.6. The molecule has 1 atom stereocenters. The van der Waals surface area contributed by atoms with Gasteiger partial charge < -0.3 is 11.1 Å². The molecule has 4 heteroatoms. The van der Waals surface area contributed by atoms with Crippen LogP contribution in [0.5, 0.6) is 0 Å². The highest BCUT2D eigenvalue weighted by Gasteiger charge is 2.09. The molecular weight excluding hydrogens is 207 g/mol. The van der Waals surface area contributed by atoms with Crippen LogP contribution in [0.4, 0.5) is 4.39 Å². The summed E-state index contributed by atoms with van der Waals surface area (Å²) in [5, 5.41) is 2.80. The van der Waals surface area contributed by atoms with E-state index >= 15 is 0 Å². The Hall–Kier alpha value is -1.42. The molecule has 1 rings (SSSR count). The van der Waals surface area contributed by atoms with Crippen LogP contribution in [0.2, 0.25) is 0 Å². The van der Waals surface area contributed by atoms with Crippen molar-refractivity contribution in [1.29, 1.82) is 0 Å². The smallest absolute Gasteiger partial charge is 0.220 e. The van der Waals surface area contributed by atoms with Gasteiger partial charge in [0.25, 0.3) is 0 Å². The summed E-state index contributed by atoms with van der Waals surface area (Å²) in [5.41, 5.74) is 6.07. The predicted octanol–water partition coefficient (Wildman–Crippen LogP) is 1.74. The fourth-order valence-corrected chi connectivity index (χ4v) is 1.44. The number of rotatable bonds is 5. The lowest BCUT2D eigenvalue weighted by atomic mass is 10.1. The van der Waals surface area contributed by atoms with Gasteiger partial charge in [-0.1, -0.05) is 12.1 Å². The van der Waals surface area contributed by atoms with E-state index in [9.17, 15) is 9.18 Å². The van der Waals surface area contributed by atoms with E-state index in [1.54, 1.807) is 12.1 Å². The molecule has 0 aliphatic rings. The molecule has 0 fully saturated rings. The Morgan fingerprint density at radius 3 is 2.94 bits per heavy atom. The Morgan fingerprint density at radius 2 is 2.31 bits per heavy atom. The number of amides is 1. The minimum absolute atomic E-state index is 0.0535. The molecule has 0 saturated carbocycles. The molecule has 0 bridgehead atoms. The van der Waals surface area contributed by atoms with Crippen LogP contribution in [0.25, 0.3) is 0 Å². The van der Waals surface area contributed by atoms with Crippen LogP contribution in [0, 0.1) is 5.82 Å². The first-order valence-corrected chi connectivity index (χ1v) is 5.38. The van der Waals surface area contributed by atoms with Gasteiger partial charge in [0.05, 0.1) is 6.04 Å². The average molecular weight is 224 g/mol. The lowest BCUT2D eigenvalue weighted by molar-refractivity contribution is -0.121.